The summed E-state index contributed by atoms with van der Waals surface area (Å²) in [5.41, 5.74) is 5.25. The lowest BCUT2D eigenvalue weighted by Crippen LogP contribution is -2.46. The molecule has 2 amide bonds. The molecule has 2 aliphatic heterocycles. The van der Waals surface area contributed by atoms with Crippen molar-refractivity contribution in [3.63, 3.8) is 0 Å². The average molecular weight is 274 g/mol. The Bertz CT molecular complexity index is 460. The third-order valence-electron chi connectivity index (χ3n) is 3.72. The van der Waals surface area contributed by atoms with Crippen molar-refractivity contribution < 1.29 is 18.0 Å². The van der Waals surface area contributed by atoms with Crippen molar-refractivity contribution in [2.75, 3.05) is 24.6 Å². The van der Waals surface area contributed by atoms with Crippen LogP contribution in [0.2, 0.25) is 0 Å². The topological polar surface area (TPSA) is 97.5 Å². The van der Waals surface area contributed by atoms with Gasteiger partial charge in [-0.15, -0.1) is 0 Å². The molecule has 2 fully saturated rings. The molecule has 0 radical (unpaired) electrons. The molecule has 0 bridgehead atoms. The first-order valence-electron chi connectivity index (χ1n) is 6.17. The van der Waals surface area contributed by atoms with Gasteiger partial charge in [-0.2, -0.15) is 0 Å². The molecule has 0 aromatic rings. The van der Waals surface area contributed by atoms with Crippen LogP contribution in [0, 0.1) is 11.8 Å². The van der Waals surface area contributed by atoms with Gasteiger partial charge in [0.15, 0.2) is 9.84 Å². The zero-order chi connectivity index (χ0) is 13.3. The molecule has 2 atom stereocenters. The van der Waals surface area contributed by atoms with Gasteiger partial charge in [-0.05, 0) is 19.3 Å². The van der Waals surface area contributed by atoms with E-state index in [-0.39, 0.29) is 29.2 Å². The first-order chi connectivity index (χ1) is 8.39. The summed E-state index contributed by atoms with van der Waals surface area (Å²) < 4.78 is 22.7. The Morgan fingerprint density at radius 2 is 1.89 bits per heavy atom. The number of nitrogens with two attached hydrogens (primary N) is 1. The minimum absolute atomic E-state index is 0.0520. The van der Waals surface area contributed by atoms with Crippen molar-refractivity contribution in [2.24, 2.45) is 17.6 Å². The number of likely N-dealkylation sites (tertiary alicyclic amines) is 1. The van der Waals surface area contributed by atoms with Crippen LogP contribution in [0.25, 0.3) is 0 Å². The maximum absolute atomic E-state index is 12.2. The number of carbonyl (C=O) groups is 2. The molecule has 2 saturated heterocycles. The predicted octanol–water partition coefficient (Wildman–Crippen LogP) is -0.855. The molecule has 2 aliphatic rings. The van der Waals surface area contributed by atoms with Gasteiger partial charge in [0, 0.05) is 13.1 Å². The zero-order valence-corrected chi connectivity index (χ0v) is 11.0. The smallest absolute Gasteiger partial charge is 0.226 e. The molecule has 6 nitrogen and oxygen atoms in total. The lowest BCUT2D eigenvalue weighted by molar-refractivity contribution is -0.138. The fourth-order valence-corrected chi connectivity index (χ4v) is 4.39. The predicted molar refractivity (Wildman–Crippen MR) is 65.3 cm³/mol. The van der Waals surface area contributed by atoms with Crippen LogP contribution in [0.3, 0.4) is 0 Å². The zero-order valence-electron chi connectivity index (χ0n) is 10.2. The van der Waals surface area contributed by atoms with Crippen LogP contribution in [0.4, 0.5) is 0 Å². The maximum atomic E-state index is 12.2. The molecule has 102 valence electrons. The van der Waals surface area contributed by atoms with Gasteiger partial charge in [0.05, 0.1) is 23.3 Å². The van der Waals surface area contributed by atoms with Crippen molar-refractivity contribution in [1.29, 1.82) is 0 Å². The van der Waals surface area contributed by atoms with E-state index in [1.165, 1.54) is 0 Å². The van der Waals surface area contributed by atoms with E-state index in [4.69, 9.17) is 5.73 Å². The third kappa shape index (κ3) is 2.82. The van der Waals surface area contributed by atoms with Crippen molar-refractivity contribution in [2.45, 2.75) is 19.3 Å². The highest BCUT2D eigenvalue weighted by Gasteiger charge is 2.37. The third-order valence-corrected chi connectivity index (χ3v) is 5.49. The standard InChI is InChI=1S/C11H18N2O4S/c12-10(14)8-2-1-4-13(6-8)11(15)9-3-5-18(16,17)7-9/h8-9H,1-7H2,(H2,12,14)/t8-,9-/m0/s1. The second-order valence-corrected chi connectivity index (χ2v) is 7.35. The molecular formula is C11H18N2O4S. The summed E-state index contributed by atoms with van der Waals surface area (Å²) in [7, 11) is -3.05. The number of amides is 2. The number of sulfone groups is 1. The first kappa shape index (κ1) is 13.3. The molecule has 2 rings (SSSR count). The van der Waals surface area contributed by atoms with Gasteiger partial charge in [0.25, 0.3) is 0 Å². The second kappa shape index (κ2) is 4.87. The van der Waals surface area contributed by atoms with E-state index in [2.05, 4.69) is 0 Å². The number of piperidine rings is 1. The average Bonchev–Trinajstić information content (AvgIpc) is 2.69. The fourth-order valence-electron chi connectivity index (χ4n) is 2.66. The van der Waals surface area contributed by atoms with E-state index >= 15 is 0 Å². The highest BCUT2D eigenvalue weighted by atomic mass is 32.2. The Morgan fingerprint density at radius 3 is 2.44 bits per heavy atom. The summed E-state index contributed by atoms with van der Waals surface area (Å²) in [6.45, 7) is 0.934. The van der Waals surface area contributed by atoms with Gasteiger partial charge in [-0.3, -0.25) is 9.59 Å². The summed E-state index contributed by atoms with van der Waals surface area (Å²) in [5, 5.41) is 0. The van der Waals surface area contributed by atoms with Crippen LogP contribution in [-0.2, 0) is 19.4 Å². The lowest BCUT2D eigenvalue weighted by atomic mass is 9.96. The van der Waals surface area contributed by atoms with E-state index in [1.807, 2.05) is 0 Å². The number of primary amides is 1. The van der Waals surface area contributed by atoms with Crippen molar-refractivity contribution >= 4 is 21.7 Å². The molecule has 0 aromatic carbocycles. The molecule has 0 aromatic heterocycles. The minimum Gasteiger partial charge on any atom is -0.369 e. The van der Waals surface area contributed by atoms with Crippen LogP contribution in [-0.4, -0.2) is 49.7 Å². The molecule has 7 heteroatoms. The molecule has 2 N–H and O–H groups in total. The van der Waals surface area contributed by atoms with Crippen LogP contribution in [0.15, 0.2) is 0 Å². The molecule has 18 heavy (non-hydrogen) atoms. The van der Waals surface area contributed by atoms with Crippen molar-refractivity contribution in [3.05, 3.63) is 0 Å². The first-order valence-corrected chi connectivity index (χ1v) is 8.00. The van der Waals surface area contributed by atoms with E-state index in [0.29, 0.717) is 25.9 Å². The largest absolute Gasteiger partial charge is 0.369 e. The molecule has 0 spiro atoms. The highest BCUT2D eigenvalue weighted by molar-refractivity contribution is 7.91. The Hall–Kier alpha value is -1.11. The lowest BCUT2D eigenvalue weighted by Gasteiger charge is -2.32. The number of nitrogens with zero attached hydrogens (tertiary/aromatic N) is 1. The normalized spacial score (nSPS) is 31.2. The fraction of sp³-hybridized carbons (Fsp3) is 0.818. The monoisotopic (exact) mass is 274 g/mol. The van der Waals surface area contributed by atoms with E-state index in [9.17, 15) is 18.0 Å². The highest BCUT2D eigenvalue weighted by Crippen LogP contribution is 2.24. The van der Waals surface area contributed by atoms with Crippen molar-refractivity contribution in [1.82, 2.24) is 4.90 Å². The van der Waals surface area contributed by atoms with Gasteiger partial charge in [0.1, 0.15) is 0 Å². The Labute approximate surface area is 106 Å². The van der Waals surface area contributed by atoms with Gasteiger partial charge in [-0.1, -0.05) is 0 Å². The minimum atomic E-state index is -3.05. The van der Waals surface area contributed by atoms with Crippen LogP contribution in [0.5, 0.6) is 0 Å². The number of carbonyl (C=O) groups excluding carboxylic acids is 2. The Morgan fingerprint density at radius 1 is 1.17 bits per heavy atom. The molecule has 0 unspecified atom stereocenters. The van der Waals surface area contributed by atoms with Gasteiger partial charge < -0.3 is 10.6 Å². The van der Waals surface area contributed by atoms with Crippen molar-refractivity contribution in [3.8, 4) is 0 Å². The molecular weight excluding hydrogens is 256 g/mol. The summed E-state index contributed by atoms with van der Waals surface area (Å²) >= 11 is 0. The summed E-state index contributed by atoms with van der Waals surface area (Å²) in [6.07, 6.45) is 1.86. The SMILES string of the molecule is NC(=O)[C@H]1CCCN(C(=O)[C@H]2CCS(=O)(=O)C2)C1. The Balaban J connectivity index is 1.99. The van der Waals surface area contributed by atoms with E-state index in [0.717, 1.165) is 6.42 Å². The Kier molecular flexibility index (Phi) is 3.61. The molecule has 2 heterocycles. The summed E-state index contributed by atoms with van der Waals surface area (Å²) in [4.78, 5) is 24.9. The van der Waals surface area contributed by atoms with Gasteiger partial charge in [-0.25, -0.2) is 8.42 Å². The van der Waals surface area contributed by atoms with Crippen LogP contribution >= 0.6 is 0 Å². The van der Waals surface area contributed by atoms with Gasteiger partial charge in [0.2, 0.25) is 11.8 Å². The van der Waals surface area contributed by atoms with Crippen LogP contribution < -0.4 is 5.73 Å². The molecule has 0 saturated carbocycles. The maximum Gasteiger partial charge on any atom is 0.226 e. The number of hydrogen-bond acceptors (Lipinski definition) is 4. The number of rotatable bonds is 2. The summed E-state index contributed by atoms with van der Waals surface area (Å²) in [5.74, 6) is -1.20. The van der Waals surface area contributed by atoms with E-state index in [1.54, 1.807) is 4.90 Å². The number of hydrogen-bond donors (Lipinski definition) is 1. The summed E-state index contributed by atoms with van der Waals surface area (Å²) in [6, 6.07) is 0. The molecule has 0 aliphatic carbocycles. The van der Waals surface area contributed by atoms with Gasteiger partial charge >= 0.3 is 0 Å². The van der Waals surface area contributed by atoms with Crippen LogP contribution in [0.1, 0.15) is 19.3 Å². The second-order valence-electron chi connectivity index (χ2n) is 5.13. The van der Waals surface area contributed by atoms with E-state index < -0.39 is 15.8 Å². The quantitative estimate of drug-likeness (QED) is 0.709.